The number of benzene rings is 1. The number of hydrogen-bond donors (Lipinski definition) is 2. The third-order valence-electron chi connectivity index (χ3n) is 3.33. The molecule has 0 spiro atoms. The van der Waals surface area contributed by atoms with Crippen molar-refractivity contribution in [3.8, 4) is 0 Å². The van der Waals surface area contributed by atoms with Crippen molar-refractivity contribution in [2.75, 3.05) is 5.73 Å². The number of halogens is 1. The Morgan fingerprint density at radius 3 is 2.67 bits per heavy atom. The number of rotatable bonds is 5. The van der Waals surface area contributed by atoms with Crippen molar-refractivity contribution >= 4 is 27.5 Å². The molecule has 0 radical (unpaired) electrons. The molecule has 112 valence electrons. The number of carbonyl (C=O) groups excluding carboxylic acids is 1. The molecule has 0 saturated heterocycles. The maximum Gasteiger partial charge on any atom is 0.268 e. The number of nitrogens with zero attached hydrogens (tertiary/aromatic N) is 1. The van der Waals surface area contributed by atoms with Gasteiger partial charge >= 0.3 is 0 Å². The van der Waals surface area contributed by atoms with E-state index in [1.54, 1.807) is 6.07 Å². The van der Waals surface area contributed by atoms with Gasteiger partial charge < -0.3 is 15.6 Å². The Balaban J connectivity index is 2.12. The van der Waals surface area contributed by atoms with E-state index >= 15 is 0 Å². The minimum absolute atomic E-state index is 0.0585. The molecule has 0 saturated carbocycles. The lowest BCUT2D eigenvalue weighted by molar-refractivity contribution is 0.0930. The van der Waals surface area contributed by atoms with Crippen LogP contribution in [0.25, 0.3) is 0 Å². The summed E-state index contributed by atoms with van der Waals surface area (Å²) in [6.07, 6.45) is 2.76. The fraction of sp³-hybridized carbons (Fsp3) is 0.312. The lowest BCUT2D eigenvalue weighted by Crippen LogP contribution is -2.28. The average molecular weight is 350 g/mol. The van der Waals surface area contributed by atoms with Gasteiger partial charge in [0.1, 0.15) is 5.69 Å². The second-order valence-corrected chi connectivity index (χ2v) is 6.01. The first-order valence-corrected chi connectivity index (χ1v) is 7.82. The highest BCUT2D eigenvalue weighted by Crippen LogP contribution is 2.18. The van der Waals surface area contributed by atoms with E-state index in [0.29, 0.717) is 11.4 Å². The van der Waals surface area contributed by atoms with Gasteiger partial charge in [0.2, 0.25) is 0 Å². The highest BCUT2D eigenvalue weighted by atomic mass is 79.9. The molecular formula is C16H20BrN3O. The van der Waals surface area contributed by atoms with Gasteiger partial charge in [0.05, 0.1) is 11.7 Å². The number of amides is 1. The van der Waals surface area contributed by atoms with E-state index < -0.39 is 0 Å². The molecule has 1 atom stereocenters. The molecule has 0 aliphatic rings. The molecule has 0 unspecified atom stereocenters. The molecule has 1 aromatic heterocycles. The Kier molecular flexibility index (Phi) is 5.07. The van der Waals surface area contributed by atoms with Crippen molar-refractivity contribution in [1.29, 1.82) is 0 Å². The summed E-state index contributed by atoms with van der Waals surface area (Å²) in [7, 11) is 0. The van der Waals surface area contributed by atoms with Crippen LogP contribution in [0.2, 0.25) is 0 Å². The standard InChI is InChI=1S/C16H20BrN3O/c1-3-8-20-10-14(18)9-15(20)16(21)19-11(2)12-4-6-13(17)7-5-12/h4-7,9-11H,3,8,18H2,1-2H3,(H,19,21)/t11-/m1/s1. The molecule has 3 N–H and O–H groups in total. The zero-order chi connectivity index (χ0) is 15.4. The van der Waals surface area contributed by atoms with Crippen molar-refractivity contribution in [2.24, 2.45) is 0 Å². The van der Waals surface area contributed by atoms with Crippen molar-refractivity contribution in [3.05, 3.63) is 52.3 Å². The van der Waals surface area contributed by atoms with Crippen molar-refractivity contribution in [3.63, 3.8) is 0 Å². The monoisotopic (exact) mass is 349 g/mol. The smallest absolute Gasteiger partial charge is 0.268 e. The highest BCUT2D eigenvalue weighted by Gasteiger charge is 2.15. The molecule has 1 amide bonds. The van der Waals surface area contributed by atoms with Crippen LogP contribution >= 0.6 is 15.9 Å². The lowest BCUT2D eigenvalue weighted by Gasteiger charge is -2.15. The Labute approximate surface area is 133 Å². The van der Waals surface area contributed by atoms with Gasteiger partial charge in [0.15, 0.2) is 0 Å². The number of nitrogens with one attached hydrogen (secondary N) is 1. The molecule has 0 aliphatic carbocycles. The summed E-state index contributed by atoms with van der Waals surface area (Å²) < 4.78 is 2.92. The lowest BCUT2D eigenvalue weighted by atomic mass is 10.1. The van der Waals surface area contributed by atoms with Crippen LogP contribution in [0.1, 0.15) is 42.4 Å². The molecule has 21 heavy (non-hydrogen) atoms. The van der Waals surface area contributed by atoms with Crippen LogP contribution in [0.5, 0.6) is 0 Å². The number of hydrogen-bond acceptors (Lipinski definition) is 2. The minimum atomic E-state index is -0.101. The predicted molar refractivity (Wildman–Crippen MR) is 89.2 cm³/mol. The Hall–Kier alpha value is -1.75. The molecule has 0 bridgehead atoms. The summed E-state index contributed by atoms with van der Waals surface area (Å²) in [6.45, 7) is 4.83. The van der Waals surface area contributed by atoms with Crippen LogP contribution < -0.4 is 11.1 Å². The van der Waals surface area contributed by atoms with E-state index in [2.05, 4.69) is 28.2 Å². The van der Waals surface area contributed by atoms with E-state index in [9.17, 15) is 4.79 Å². The molecule has 2 aromatic rings. The average Bonchev–Trinajstić information content (AvgIpc) is 2.81. The van der Waals surface area contributed by atoms with Crippen molar-refractivity contribution < 1.29 is 4.79 Å². The van der Waals surface area contributed by atoms with E-state index in [-0.39, 0.29) is 11.9 Å². The first-order chi connectivity index (χ1) is 10.0. The SMILES string of the molecule is CCCn1cc(N)cc1C(=O)N[C@H](C)c1ccc(Br)cc1. The second kappa shape index (κ2) is 6.80. The summed E-state index contributed by atoms with van der Waals surface area (Å²) in [5.41, 5.74) is 8.09. The normalized spacial score (nSPS) is 12.1. The van der Waals surface area contributed by atoms with E-state index in [0.717, 1.165) is 23.0 Å². The summed E-state index contributed by atoms with van der Waals surface area (Å²) in [5.74, 6) is -0.101. The molecule has 1 heterocycles. The third kappa shape index (κ3) is 3.88. The number of aromatic nitrogens is 1. The van der Waals surface area contributed by atoms with Crippen LogP contribution in [0, 0.1) is 0 Å². The third-order valence-corrected chi connectivity index (χ3v) is 3.86. The van der Waals surface area contributed by atoms with Crippen molar-refractivity contribution in [1.82, 2.24) is 9.88 Å². The van der Waals surface area contributed by atoms with E-state index in [1.165, 1.54) is 0 Å². The maximum atomic E-state index is 12.4. The van der Waals surface area contributed by atoms with Gasteiger partial charge in [-0.15, -0.1) is 0 Å². The Morgan fingerprint density at radius 2 is 2.05 bits per heavy atom. The van der Waals surface area contributed by atoms with Crippen molar-refractivity contribution in [2.45, 2.75) is 32.9 Å². The summed E-state index contributed by atoms with van der Waals surface area (Å²) in [5, 5.41) is 3.01. The molecular weight excluding hydrogens is 330 g/mol. The van der Waals surface area contributed by atoms with Gasteiger partial charge in [-0.2, -0.15) is 0 Å². The number of nitrogens with two attached hydrogens (primary N) is 1. The molecule has 2 rings (SSSR count). The van der Waals surface area contributed by atoms with E-state index in [4.69, 9.17) is 5.73 Å². The van der Waals surface area contributed by atoms with Gasteiger partial charge in [0, 0.05) is 17.2 Å². The molecule has 0 aliphatic heterocycles. The zero-order valence-corrected chi connectivity index (χ0v) is 13.9. The zero-order valence-electron chi connectivity index (χ0n) is 12.3. The quantitative estimate of drug-likeness (QED) is 0.863. The Bertz CT molecular complexity index is 619. The van der Waals surface area contributed by atoms with Gasteiger partial charge in [-0.3, -0.25) is 4.79 Å². The number of anilines is 1. The Morgan fingerprint density at radius 1 is 1.38 bits per heavy atom. The maximum absolute atomic E-state index is 12.4. The van der Waals surface area contributed by atoms with Crippen LogP contribution in [0.3, 0.4) is 0 Å². The van der Waals surface area contributed by atoms with Crippen LogP contribution in [0.4, 0.5) is 5.69 Å². The fourth-order valence-corrected chi connectivity index (χ4v) is 2.52. The molecule has 4 nitrogen and oxygen atoms in total. The number of aryl methyl sites for hydroxylation is 1. The van der Waals surface area contributed by atoms with Gasteiger partial charge in [-0.1, -0.05) is 35.0 Å². The molecule has 0 fully saturated rings. The van der Waals surface area contributed by atoms with E-state index in [1.807, 2.05) is 42.0 Å². The van der Waals surface area contributed by atoms with Crippen LogP contribution in [-0.2, 0) is 6.54 Å². The van der Waals surface area contributed by atoms with Gasteiger partial charge in [-0.05, 0) is 37.1 Å². The number of nitrogen functional groups attached to an aromatic ring is 1. The minimum Gasteiger partial charge on any atom is -0.397 e. The summed E-state index contributed by atoms with van der Waals surface area (Å²) >= 11 is 3.41. The molecule has 1 aromatic carbocycles. The summed E-state index contributed by atoms with van der Waals surface area (Å²) in [4.78, 5) is 12.4. The number of carbonyl (C=O) groups is 1. The van der Waals surface area contributed by atoms with Gasteiger partial charge in [-0.25, -0.2) is 0 Å². The highest BCUT2D eigenvalue weighted by molar-refractivity contribution is 9.10. The first-order valence-electron chi connectivity index (χ1n) is 7.03. The first kappa shape index (κ1) is 15.6. The fourth-order valence-electron chi connectivity index (χ4n) is 2.25. The summed E-state index contributed by atoms with van der Waals surface area (Å²) in [6, 6.07) is 9.59. The molecule has 5 heteroatoms. The largest absolute Gasteiger partial charge is 0.397 e. The van der Waals surface area contributed by atoms with Gasteiger partial charge in [0.25, 0.3) is 5.91 Å². The van der Waals surface area contributed by atoms with Crippen LogP contribution in [0.15, 0.2) is 41.0 Å². The topological polar surface area (TPSA) is 60.0 Å². The second-order valence-electron chi connectivity index (χ2n) is 5.10. The predicted octanol–water partition coefficient (Wildman–Crippen LogP) is 3.73. The van der Waals surface area contributed by atoms with Crippen LogP contribution in [-0.4, -0.2) is 10.5 Å².